The summed E-state index contributed by atoms with van der Waals surface area (Å²) in [4.78, 5) is 29.1. The summed E-state index contributed by atoms with van der Waals surface area (Å²) in [6, 6.07) is -0.202. The number of nitrogens with zero attached hydrogens (tertiary/aromatic N) is 2. The first-order valence-corrected chi connectivity index (χ1v) is 7.09. The average molecular weight is 283 g/mol. The summed E-state index contributed by atoms with van der Waals surface area (Å²) in [5.41, 5.74) is 0.671. The number of amides is 1. The Hall–Kier alpha value is -1.63. The summed E-state index contributed by atoms with van der Waals surface area (Å²) in [6.45, 7) is 2.91. The minimum absolute atomic E-state index is 0.0853. The lowest BCUT2D eigenvalue weighted by Crippen LogP contribution is -2.30. The molecule has 1 aromatic rings. The molecule has 1 atom stereocenters. The summed E-state index contributed by atoms with van der Waals surface area (Å²) in [7, 11) is 1.79. The van der Waals surface area contributed by atoms with Gasteiger partial charge in [-0.15, -0.1) is 11.3 Å². The first-order chi connectivity index (χ1) is 9.10. The Labute approximate surface area is 115 Å². The van der Waals surface area contributed by atoms with Crippen molar-refractivity contribution in [2.24, 2.45) is 0 Å². The molecule has 1 unspecified atom stereocenters. The highest BCUT2D eigenvalue weighted by atomic mass is 32.1. The second kappa shape index (κ2) is 6.01. The van der Waals surface area contributed by atoms with E-state index in [1.165, 1.54) is 11.3 Å². The van der Waals surface area contributed by atoms with Crippen LogP contribution in [0.2, 0.25) is 0 Å². The van der Waals surface area contributed by atoms with Gasteiger partial charge in [0, 0.05) is 19.0 Å². The first-order valence-electron chi connectivity index (χ1n) is 6.21. The van der Waals surface area contributed by atoms with E-state index in [1.54, 1.807) is 18.9 Å². The van der Waals surface area contributed by atoms with Crippen LogP contribution in [0.4, 0.5) is 5.13 Å². The number of rotatable bonds is 5. The fourth-order valence-electron chi connectivity index (χ4n) is 1.92. The zero-order valence-electron chi connectivity index (χ0n) is 11.0. The van der Waals surface area contributed by atoms with Gasteiger partial charge < -0.3 is 15.0 Å². The zero-order chi connectivity index (χ0) is 13.8. The van der Waals surface area contributed by atoms with Crippen molar-refractivity contribution in [3.05, 3.63) is 11.1 Å². The molecule has 1 N–H and O–H groups in total. The maximum Gasteiger partial charge on any atom is 0.311 e. The maximum atomic E-state index is 11.7. The van der Waals surface area contributed by atoms with Crippen molar-refractivity contribution < 1.29 is 14.3 Å². The highest BCUT2D eigenvalue weighted by Crippen LogP contribution is 2.20. The van der Waals surface area contributed by atoms with Crippen LogP contribution in [-0.4, -0.2) is 48.0 Å². The lowest BCUT2D eigenvalue weighted by atomic mass is 10.2. The molecule has 1 aliphatic rings. The van der Waals surface area contributed by atoms with Gasteiger partial charge in [-0.2, -0.15) is 0 Å². The van der Waals surface area contributed by atoms with Crippen molar-refractivity contribution in [3.8, 4) is 0 Å². The largest absolute Gasteiger partial charge is 0.466 e. The molecule has 2 rings (SSSR count). The van der Waals surface area contributed by atoms with Gasteiger partial charge >= 0.3 is 5.97 Å². The van der Waals surface area contributed by atoms with E-state index in [-0.39, 0.29) is 24.3 Å². The summed E-state index contributed by atoms with van der Waals surface area (Å²) in [6.07, 6.45) is 0.951. The monoisotopic (exact) mass is 283 g/mol. The second-order valence-corrected chi connectivity index (χ2v) is 5.23. The Morgan fingerprint density at radius 3 is 3.11 bits per heavy atom. The predicted octanol–water partition coefficient (Wildman–Crippen LogP) is 0.891. The minimum Gasteiger partial charge on any atom is -0.466 e. The fourth-order valence-corrected chi connectivity index (χ4v) is 2.68. The number of thiazole rings is 1. The van der Waals surface area contributed by atoms with E-state index in [0.717, 1.165) is 13.0 Å². The number of nitrogens with one attached hydrogen (secondary N) is 1. The number of aromatic nitrogens is 1. The molecule has 6 nitrogen and oxygen atoms in total. The van der Waals surface area contributed by atoms with E-state index < -0.39 is 0 Å². The molecule has 0 saturated carbocycles. The fraction of sp³-hybridized carbons (Fsp3) is 0.583. The number of hydrogen-bond acceptors (Lipinski definition) is 6. The Kier molecular flexibility index (Phi) is 4.36. The normalized spacial score (nSPS) is 18.7. The van der Waals surface area contributed by atoms with E-state index in [9.17, 15) is 9.59 Å². The van der Waals surface area contributed by atoms with Gasteiger partial charge in [0.15, 0.2) is 5.13 Å². The molecule has 1 fully saturated rings. The number of carbonyl (C=O) groups excluding carboxylic acids is 2. The third kappa shape index (κ3) is 3.44. The van der Waals surface area contributed by atoms with Crippen LogP contribution in [0.25, 0.3) is 0 Å². The first kappa shape index (κ1) is 13.8. The highest BCUT2D eigenvalue weighted by Gasteiger charge is 2.29. The van der Waals surface area contributed by atoms with Crippen LogP contribution in [0.5, 0.6) is 0 Å². The van der Waals surface area contributed by atoms with E-state index in [4.69, 9.17) is 4.74 Å². The zero-order valence-corrected chi connectivity index (χ0v) is 11.8. The number of likely N-dealkylation sites (tertiary alicyclic amines) is 1. The van der Waals surface area contributed by atoms with Crippen LogP contribution in [-0.2, 0) is 20.7 Å². The number of ether oxygens (including phenoxy) is 1. The molecule has 104 valence electrons. The second-order valence-electron chi connectivity index (χ2n) is 4.37. The van der Waals surface area contributed by atoms with E-state index in [0.29, 0.717) is 17.4 Å². The number of esters is 1. The molecular weight excluding hydrogens is 266 g/mol. The molecule has 19 heavy (non-hydrogen) atoms. The van der Waals surface area contributed by atoms with Crippen molar-refractivity contribution in [1.82, 2.24) is 9.88 Å². The molecule has 1 saturated heterocycles. The number of hydrogen-bond donors (Lipinski definition) is 1. The molecule has 7 heteroatoms. The molecule has 0 spiro atoms. The Balaban J connectivity index is 1.91. The quantitative estimate of drug-likeness (QED) is 0.813. The van der Waals surface area contributed by atoms with Crippen LogP contribution < -0.4 is 5.32 Å². The lowest BCUT2D eigenvalue weighted by Gasteiger charge is -2.10. The van der Waals surface area contributed by atoms with Crippen molar-refractivity contribution in [3.63, 3.8) is 0 Å². The SMILES string of the molecule is CCOC(=O)Cc1csc(NC2CCN(C)C2=O)n1. The third-order valence-electron chi connectivity index (χ3n) is 2.91. The molecule has 0 aromatic carbocycles. The van der Waals surface area contributed by atoms with Crippen molar-refractivity contribution >= 4 is 28.3 Å². The van der Waals surface area contributed by atoms with E-state index >= 15 is 0 Å². The molecule has 1 aliphatic heterocycles. The van der Waals surface area contributed by atoms with Crippen molar-refractivity contribution in [1.29, 1.82) is 0 Å². The van der Waals surface area contributed by atoms with E-state index in [2.05, 4.69) is 10.3 Å². The van der Waals surface area contributed by atoms with Crippen LogP contribution in [0, 0.1) is 0 Å². The van der Waals surface area contributed by atoms with Gasteiger partial charge in [0.2, 0.25) is 5.91 Å². The summed E-state index contributed by atoms with van der Waals surface area (Å²) in [5, 5.41) is 5.59. The molecule has 1 amide bonds. The minimum atomic E-state index is -0.281. The van der Waals surface area contributed by atoms with Gasteiger partial charge in [-0.25, -0.2) is 4.98 Å². The number of likely N-dealkylation sites (N-methyl/N-ethyl adjacent to an activating group) is 1. The molecular formula is C12H17N3O3S. The van der Waals surface area contributed by atoms with Gasteiger partial charge in [-0.1, -0.05) is 0 Å². The van der Waals surface area contributed by atoms with Crippen LogP contribution in [0.3, 0.4) is 0 Å². The summed E-state index contributed by atoms with van der Waals surface area (Å²) < 4.78 is 4.86. The molecule has 0 bridgehead atoms. The molecule has 1 aromatic heterocycles. The maximum absolute atomic E-state index is 11.7. The summed E-state index contributed by atoms with van der Waals surface area (Å²) >= 11 is 1.40. The standard InChI is InChI=1S/C12H17N3O3S/c1-3-18-10(16)6-8-7-19-12(13-8)14-9-4-5-15(2)11(9)17/h7,9H,3-6H2,1-2H3,(H,13,14). The van der Waals surface area contributed by atoms with Gasteiger partial charge in [0.05, 0.1) is 18.7 Å². The third-order valence-corrected chi connectivity index (χ3v) is 3.73. The van der Waals surface area contributed by atoms with E-state index in [1.807, 2.05) is 5.38 Å². The van der Waals surface area contributed by atoms with Gasteiger partial charge in [0.1, 0.15) is 6.04 Å². The predicted molar refractivity (Wildman–Crippen MR) is 72.1 cm³/mol. The van der Waals surface area contributed by atoms with Gasteiger partial charge in [0.25, 0.3) is 0 Å². The lowest BCUT2D eigenvalue weighted by molar-refractivity contribution is -0.142. The highest BCUT2D eigenvalue weighted by molar-refractivity contribution is 7.13. The van der Waals surface area contributed by atoms with Crippen LogP contribution >= 0.6 is 11.3 Å². The van der Waals surface area contributed by atoms with Gasteiger partial charge in [-0.05, 0) is 13.3 Å². The number of anilines is 1. The topological polar surface area (TPSA) is 71.5 Å². The average Bonchev–Trinajstić information content (AvgIpc) is 2.92. The Bertz CT molecular complexity index is 475. The Morgan fingerprint density at radius 2 is 2.47 bits per heavy atom. The summed E-state index contributed by atoms with van der Waals surface area (Å²) in [5.74, 6) is -0.196. The van der Waals surface area contributed by atoms with Crippen molar-refractivity contribution in [2.75, 3.05) is 25.5 Å². The van der Waals surface area contributed by atoms with Gasteiger partial charge in [-0.3, -0.25) is 9.59 Å². The van der Waals surface area contributed by atoms with Crippen LogP contribution in [0.1, 0.15) is 19.0 Å². The van der Waals surface area contributed by atoms with Crippen LogP contribution in [0.15, 0.2) is 5.38 Å². The molecule has 0 radical (unpaired) electrons. The van der Waals surface area contributed by atoms with Crippen molar-refractivity contribution in [2.45, 2.75) is 25.8 Å². The molecule has 0 aliphatic carbocycles. The number of carbonyl (C=O) groups is 2. The smallest absolute Gasteiger partial charge is 0.311 e. The Morgan fingerprint density at radius 1 is 1.68 bits per heavy atom. The molecule has 2 heterocycles.